The SMILES string of the molecule is CCNC(=O)c1nnc(-c2cc(C(C)C)c(O)cc2O)n1-c1ccc(C(=O)N2CCN(C(C)=O)CC2)cc1. The number of amides is 3. The summed E-state index contributed by atoms with van der Waals surface area (Å²) in [5.74, 6) is -0.652. The van der Waals surface area contributed by atoms with Crippen LogP contribution in [-0.4, -0.2) is 85.2 Å². The van der Waals surface area contributed by atoms with Gasteiger partial charge in [-0.15, -0.1) is 10.2 Å². The number of benzene rings is 2. The highest BCUT2D eigenvalue weighted by Gasteiger charge is 2.26. The molecule has 0 unspecified atom stereocenters. The number of phenolic OH excluding ortho intramolecular Hbond substituents is 2. The van der Waals surface area contributed by atoms with Crippen molar-refractivity contribution < 1.29 is 24.6 Å². The Morgan fingerprint density at radius 1 is 0.947 bits per heavy atom. The second kappa shape index (κ2) is 10.9. The van der Waals surface area contributed by atoms with Gasteiger partial charge in [0.2, 0.25) is 11.7 Å². The Labute approximate surface area is 220 Å². The Bertz CT molecular complexity index is 1360. The summed E-state index contributed by atoms with van der Waals surface area (Å²) in [6.45, 7) is 9.41. The lowest BCUT2D eigenvalue weighted by molar-refractivity contribution is -0.130. The highest BCUT2D eigenvalue weighted by Crippen LogP contribution is 2.38. The molecule has 3 N–H and O–H groups in total. The molecule has 1 saturated heterocycles. The molecule has 1 aromatic heterocycles. The quantitative estimate of drug-likeness (QED) is 0.454. The number of aromatic hydroxyl groups is 2. The van der Waals surface area contributed by atoms with Crippen molar-refractivity contribution in [1.29, 1.82) is 0 Å². The van der Waals surface area contributed by atoms with Crippen LogP contribution in [0.25, 0.3) is 17.1 Å². The lowest BCUT2D eigenvalue weighted by Gasteiger charge is -2.34. The number of carbonyl (C=O) groups excluding carboxylic acids is 3. The molecule has 38 heavy (non-hydrogen) atoms. The van der Waals surface area contributed by atoms with Crippen LogP contribution in [-0.2, 0) is 4.79 Å². The lowest BCUT2D eigenvalue weighted by atomic mass is 9.98. The molecular formula is C27H32N6O5. The van der Waals surface area contributed by atoms with E-state index in [2.05, 4.69) is 15.5 Å². The van der Waals surface area contributed by atoms with E-state index < -0.39 is 5.91 Å². The predicted molar refractivity (Wildman–Crippen MR) is 140 cm³/mol. The van der Waals surface area contributed by atoms with E-state index in [1.165, 1.54) is 17.6 Å². The smallest absolute Gasteiger partial charge is 0.289 e. The average Bonchev–Trinajstić information content (AvgIpc) is 3.33. The van der Waals surface area contributed by atoms with Gasteiger partial charge >= 0.3 is 0 Å². The number of piperazine rings is 1. The van der Waals surface area contributed by atoms with Gasteiger partial charge in [-0.2, -0.15) is 0 Å². The topological polar surface area (TPSA) is 141 Å². The summed E-state index contributed by atoms with van der Waals surface area (Å²) in [4.78, 5) is 40.9. The van der Waals surface area contributed by atoms with Crippen LogP contribution in [0.1, 0.15) is 60.2 Å². The molecule has 0 atom stereocenters. The number of nitrogens with one attached hydrogen (secondary N) is 1. The molecule has 0 spiro atoms. The minimum atomic E-state index is -0.447. The molecule has 3 aromatic rings. The van der Waals surface area contributed by atoms with Crippen LogP contribution in [0, 0.1) is 0 Å². The van der Waals surface area contributed by atoms with Crippen LogP contribution in [0.3, 0.4) is 0 Å². The zero-order valence-corrected chi connectivity index (χ0v) is 21.9. The zero-order chi connectivity index (χ0) is 27.6. The average molecular weight is 521 g/mol. The summed E-state index contributed by atoms with van der Waals surface area (Å²) in [5.41, 5.74) is 1.90. The van der Waals surface area contributed by atoms with Gasteiger partial charge in [-0.3, -0.25) is 19.0 Å². The number of carbonyl (C=O) groups is 3. The number of hydrogen-bond donors (Lipinski definition) is 3. The van der Waals surface area contributed by atoms with Crippen LogP contribution < -0.4 is 5.32 Å². The monoisotopic (exact) mass is 520 g/mol. The molecule has 3 amide bonds. The van der Waals surface area contributed by atoms with Gasteiger partial charge in [0.25, 0.3) is 11.8 Å². The van der Waals surface area contributed by atoms with E-state index in [0.29, 0.717) is 55.1 Å². The predicted octanol–water partition coefficient (Wildman–Crippen LogP) is 2.52. The molecule has 200 valence electrons. The van der Waals surface area contributed by atoms with Gasteiger partial charge in [0.05, 0.1) is 5.56 Å². The second-order valence-corrected chi connectivity index (χ2v) is 9.47. The first kappa shape index (κ1) is 26.6. The van der Waals surface area contributed by atoms with Gasteiger partial charge in [0, 0.05) is 57.0 Å². The first-order chi connectivity index (χ1) is 18.1. The van der Waals surface area contributed by atoms with Crippen LogP contribution in [0.15, 0.2) is 36.4 Å². The van der Waals surface area contributed by atoms with Crippen LogP contribution in [0.5, 0.6) is 11.5 Å². The Morgan fingerprint density at radius 2 is 1.58 bits per heavy atom. The fourth-order valence-corrected chi connectivity index (χ4v) is 4.49. The van der Waals surface area contributed by atoms with Gasteiger partial charge < -0.3 is 25.3 Å². The van der Waals surface area contributed by atoms with Crippen molar-refractivity contribution in [2.75, 3.05) is 32.7 Å². The number of aromatic nitrogens is 3. The van der Waals surface area contributed by atoms with Crippen molar-refractivity contribution in [3.8, 4) is 28.6 Å². The van der Waals surface area contributed by atoms with Crippen molar-refractivity contribution in [3.05, 3.63) is 53.3 Å². The van der Waals surface area contributed by atoms with Crippen molar-refractivity contribution in [3.63, 3.8) is 0 Å². The van der Waals surface area contributed by atoms with E-state index in [1.807, 2.05) is 13.8 Å². The van der Waals surface area contributed by atoms with E-state index in [0.717, 1.165) is 0 Å². The Balaban J connectivity index is 1.71. The summed E-state index contributed by atoms with van der Waals surface area (Å²) in [6, 6.07) is 9.59. The fraction of sp³-hybridized carbons (Fsp3) is 0.370. The third-order valence-electron chi connectivity index (χ3n) is 6.60. The molecular weight excluding hydrogens is 488 g/mol. The van der Waals surface area contributed by atoms with E-state index in [1.54, 1.807) is 47.1 Å². The Hall–Kier alpha value is -4.41. The van der Waals surface area contributed by atoms with Gasteiger partial charge in [0.15, 0.2) is 5.82 Å². The molecule has 11 heteroatoms. The van der Waals surface area contributed by atoms with Gasteiger partial charge in [-0.1, -0.05) is 13.8 Å². The van der Waals surface area contributed by atoms with E-state index in [4.69, 9.17) is 0 Å². The minimum Gasteiger partial charge on any atom is -0.508 e. The van der Waals surface area contributed by atoms with Gasteiger partial charge in [0.1, 0.15) is 11.5 Å². The van der Waals surface area contributed by atoms with E-state index >= 15 is 0 Å². The molecule has 4 rings (SSSR count). The summed E-state index contributed by atoms with van der Waals surface area (Å²) >= 11 is 0. The third-order valence-corrected chi connectivity index (χ3v) is 6.60. The standard InChI is InChI=1S/C27H32N6O5/c1-5-28-26(37)25-30-29-24(21-14-20(16(2)3)22(35)15-23(21)36)33(25)19-8-6-18(7-9-19)27(38)32-12-10-31(11-13-32)17(4)34/h6-9,14-16,35-36H,5,10-13H2,1-4H3,(H,28,37). The maximum absolute atomic E-state index is 13.1. The molecule has 2 aromatic carbocycles. The van der Waals surface area contributed by atoms with Crippen molar-refractivity contribution in [1.82, 2.24) is 29.9 Å². The van der Waals surface area contributed by atoms with Crippen molar-refractivity contribution >= 4 is 17.7 Å². The normalized spacial score (nSPS) is 13.6. The summed E-state index contributed by atoms with van der Waals surface area (Å²) in [5, 5.41) is 32.0. The molecule has 1 fully saturated rings. The summed E-state index contributed by atoms with van der Waals surface area (Å²) < 4.78 is 1.51. The largest absolute Gasteiger partial charge is 0.508 e. The molecule has 0 bridgehead atoms. The first-order valence-corrected chi connectivity index (χ1v) is 12.6. The molecule has 0 radical (unpaired) electrons. The molecule has 11 nitrogen and oxygen atoms in total. The van der Waals surface area contributed by atoms with E-state index in [9.17, 15) is 24.6 Å². The Morgan fingerprint density at radius 3 is 2.16 bits per heavy atom. The molecule has 1 aliphatic heterocycles. The first-order valence-electron chi connectivity index (χ1n) is 12.6. The van der Waals surface area contributed by atoms with Crippen LogP contribution in [0.4, 0.5) is 0 Å². The highest BCUT2D eigenvalue weighted by atomic mass is 16.3. The third kappa shape index (κ3) is 5.17. The van der Waals surface area contributed by atoms with Gasteiger partial charge in [-0.25, -0.2) is 0 Å². The van der Waals surface area contributed by atoms with Crippen LogP contribution in [0.2, 0.25) is 0 Å². The number of phenols is 2. The maximum atomic E-state index is 13.1. The fourth-order valence-electron chi connectivity index (χ4n) is 4.49. The van der Waals surface area contributed by atoms with Crippen molar-refractivity contribution in [2.24, 2.45) is 0 Å². The van der Waals surface area contributed by atoms with Gasteiger partial charge in [-0.05, 0) is 48.7 Å². The minimum absolute atomic E-state index is 0.00529. The second-order valence-electron chi connectivity index (χ2n) is 9.47. The maximum Gasteiger partial charge on any atom is 0.289 e. The molecule has 1 aliphatic rings. The van der Waals surface area contributed by atoms with Crippen LogP contribution >= 0.6 is 0 Å². The number of nitrogens with zero attached hydrogens (tertiary/aromatic N) is 5. The lowest BCUT2D eigenvalue weighted by Crippen LogP contribution is -2.50. The molecule has 2 heterocycles. The van der Waals surface area contributed by atoms with E-state index in [-0.39, 0.29) is 40.9 Å². The summed E-state index contributed by atoms with van der Waals surface area (Å²) in [7, 11) is 0. The zero-order valence-electron chi connectivity index (χ0n) is 21.9. The van der Waals surface area contributed by atoms with Crippen molar-refractivity contribution in [2.45, 2.75) is 33.6 Å². The molecule has 0 aliphatic carbocycles. The summed E-state index contributed by atoms with van der Waals surface area (Å²) in [6.07, 6.45) is 0. The highest BCUT2D eigenvalue weighted by molar-refractivity contribution is 5.95. The molecule has 0 saturated carbocycles. The number of rotatable bonds is 6. The number of hydrogen-bond acceptors (Lipinski definition) is 7. The Kier molecular flexibility index (Phi) is 7.65.